The predicted molar refractivity (Wildman–Crippen MR) is 119 cm³/mol. The van der Waals surface area contributed by atoms with E-state index in [9.17, 15) is 18.8 Å². The molecule has 164 valence electrons. The summed E-state index contributed by atoms with van der Waals surface area (Å²) in [7, 11) is 1.63. The zero-order valence-corrected chi connectivity index (χ0v) is 17.9. The van der Waals surface area contributed by atoms with Gasteiger partial charge in [0, 0.05) is 18.9 Å². The highest BCUT2D eigenvalue weighted by Gasteiger charge is 2.18. The van der Waals surface area contributed by atoms with E-state index in [1.807, 2.05) is 32.0 Å². The van der Waals surface area contributed by atoms with Crippen LogP contribution in [0.2, 0.25) is 0 Å². The van der Waals surface area contributed by atoms with Gasteiger partial charge in [-0.25, -0.2) is 9.18 Å². The van der Waals surface area contributed by atoms with Crippen molar-refractivity contribution in [3.05, 3.63) is 92.0 Å². The Balaban J connectivity index is 1.74. The van der Waals surface area contributed by atoms with Gasteiger partial charge < -0.3 is 5.32 Å². The number of aryl methyl sites for hydroxylation is 3. The fourth-order valence-electron chi connectivity index (χ4n) is 3.74. The number of hydrogen-bond acceptors (Lipinski definition) is 4. The lowest BCUT2D eigenvalue weighted by Crippen LogP contribution is -2.41. The number of benzene rings is 2. The van der Waals surface area contributed by atoms with E-state index < -0.39 is 23.0 Å². The number of anilines is 1. The zero-order chi connectivity index (χ0) is 23.0. The summed E-state index contributed by atoms with van der Waals surface area (Å²) < 4.78 is 16.9. The first-order valence-corrected chi connectivity index (χ1v) is 10.0. The fourth-order valence-corrected chi connectivity index (χ4v) is 3.74. The lowest BCUT2D eigenvalue weighted by atomic mass is 10.1. The van der Waals surface area contributed by atoms with Gasteiger partial charge in [-0.3, -0.25) is 23.4 Å². The number of aromatic nitrogens is 4. The maximum absolute atomic E-state index is 13.2. The van der Waals surface area contributed by atoms with Gasteiger partial charge in [0.2, 0.25) is 5.91 Å². The number of halogens is 1. The minimum absolute atomic E-state index is 0.0663. The molecule has 0 radical (unpaired) electrons. The Bertz CT molecular complexity index is 1430. The molecule has 1 amide bonds. The van der Waals surface area contributed by atoms with E-state index >= 15 is 0 Å². The summed E-state index contributed by atoms with van der Waals surface area (Å²) in [5.41, 5.74) is 2.34. The van der Waals surface area contributed by atoms with E-state index in [0.717, 1.165) is 15.7 Å². The third-order valence-corrected chi connectivity index (χ3v) is 5.07. The molecule has 0 aliphatic rings. The van der Waals surface area contributed by atoms with Crippen molar-refractivity contribution in [3.63, 3.8) is 0 Å². The number of nitrogens with one attached hydrogen (secondary N) is 1. The quantitative estimate of drug-likeness (QED) is 0.521. The molecule has 1 N–H and O–H groups in total. The maximum atomic E-state index is 13.2. The van der Waals surface area contributed by atoms with Crippen LogP contribution in [0.5, 0.6) is 0 Å². The van der Waals surface area contributed by atoms with Gasteiger partial charge in [-0.15, -0.1) is 0 Å². The highest BCUT2D eigenvalue weighted by Crippen LogP contribution is 2.14. The molecule has 0 atom stereocenters. The van der Waals surface area contributed by atoms with E-state index in [-0.39, 0.29) is 24.1 Å². The molecular formula is C23H22FN5O3. The molecule has 0 fully saturated rings. The summed E-state index contributed by atoms with van der Waals surface area (Å²) >= 11 is 0. The van der Waals surface area contributed by atoms with Crippen molar-refractivity contribution < 1.29 is 9.18 Å². The van der Waals surface area contributed by atoms with E-state index in [0.29, 0.717) is 11.3 Å². The smallest absolute Gasteiger partial charge is 0.325 e. The van der Waals surface area contributed by atoms with E-state index in [2.05, 4.69) is 10.4 Å². The maximum Gasteiger partial charge on any atom is 0.332 e. The van der Waals surface area contributed by atoms with Crippen LogP contribution in [0.1, 0.15) is 16.7 Å². The lowest BCUT2D eigenvalue weighted by molar-refractivity contribution is -0.116. The average molecular weight is 435 g/mol. The number of rotatable bonds is 5. The predicted octanol–water partition coefficient (Wildman–Crippen LogP) is 2.34. The second-order valence-electron chi connectivity index (χ2n) is 7.85. The topological polar surface area (TPSA) is 90.9 Å². The van der Waals surface area contributed by atoms with E-state index in [4.69, 9.17) is 0 Å². The van der Waals surface area contributed by atoms with Crippen LogP contribution in [0.15, 0.2) is 58.3 Å². The molecule has 2 aromatic carbocycles. The molecule has 2 aromatic heterocycles. The molecule has 32 heavy (non-hydrogen) atoms. The molecule has 4 rings (SSSR count). The van der Waals surface area contributed by atoms with Crippen molar-refractivity contribution in [2.75, 3.05) is 5.32 Å². The van der Waals surface area contributed by atoms with Crippen LogP contribution in [-0.2, 0) is 24.9 Å². The fraction of sp³-hybridized carbons (Fsp3) is 0.217. The number of hydrogen-bond donors (Lipinski definition) is 1. The standard InChI is InChI=1S/C23H22FN5O3/c1-14-8-15(2)10-18(9-14)25-20(30)13-28-19-12-27(3)26-21(19)22(31)29(23(28)32)11-16-4-6-17(24)7-5-16/h4-10,12H,11,13H2,1-3H3,(H,25,30). The molecule has 0 saturated carbocycles. The Hall–Kier alpha value is -4.01. The minimum Gasteiger partial charge on any atom is -0.325 e. The third-order valence-electron chi connectivity index (χ3n) is 5.07. The van der Waals surface area contributed by atoms with Crippen molar-refractivity contribution in [1.82, 2.24) is 18.9 Å². The van der Waals surface area contributed by atoms with Crippen molar-refractivity contribution in [2.24, 2.45) is 7.05 Å². The molecule has 8 nitrogen and oxygen atoms in total. The lowest BCUT2D eigenvalue weighted by Gasteiger charge is -2.12. The molecular weight excluding hydrogens is 413 g/mol. The third kappa shape index (κ3) is 4.22. The summed E-state index contributed by atoms with van der Waals surface area (Å²) in [6, 6.07) is 11.2. The van der Waals surface area contributed by atoms with Crippen LogP contribution in [-0.4, -0.2) is 24.8 Å². The molecule has 0 spiro atoms. The van der Waals surface area contributed by atoms with Crippen molar-refractivity contribution in [3.8, 4) is 0 Å². The number of amides is 1. The Morgan fingerprint density at radius 2 is 1.69 bits per heavy atom. The number of nitrogens with zero attached hydrogens (tertiary/aromatic N) is 4. The van der Waals surface area contributed by atoms with Gasteiger partial charge in [-0.05, 0) is 54.8 Å². The summed E-state index contributed by atoms with van der Waals surface area (Å²) in [6.07, 6.45) is 1.53. The van der Waals surface area contributed by atoms with E-state index in [1.165, 1.54) is 39.7 Å². The minimum atomic E-state index is -0.643. The summed E-state index contributed by atoms with van der Waals surface area (Å²) in [5.74, 6) is -0.823. The molecule has 0 aliphatic carbocycles. The second-order valence-corrected chi connectivity index (χ2v) is 7.85. The summed E-state index contributed by atoms with van der Waals surface area (Å²) in [5, 5.41) is 6.98. The van der Waals surface area contributed by atoms with Gasteiger partial charge in [-0.1, -0.05) is 18.2 Å². The number of fused-ring (bicyclic) bond motifs is 1. The Morgan fingerprint density at radius 1 is 1.03 bits per heavy atom. The summed E-state index contributed by atoms with van der Waals surface area (Å²) in [6.45, 7) is 3.50. The monoisotopic (exact) mass is 435 g/mol. The molecule has 0 aliphatic heterocycles. The Labute approximate surface area is 182 Å². The van der Waals surface area contributed by atoms with Crippen LogP contribution >= 0.6 is 0 Å². The van der Waals surface area contributed by atoms with Gasteiger partial charge >= 0.3 is 5.69 Å². The highest BCUT2D eigenvalue weighted by molar-refractivity contribution is 5.91. The summed E-state index contributed by atoms with van der Waals surface area (Å²) in [4.78, 5) is 38.9. The Morgan fingerprint density at radius 3 is 2.34 bits per heavy atom. The van der Waals surface area contributed by atoms with Crippen LogP contribution in [0.25, 0.3) is 11.0 Å². The molecule has 2 heterocycles. The SMILES string of the molecule is Cc1cc(C)cc(NC(=O)Cn2c(=O)n(Cc3ccc(F)cc3)c(=O)c3nn(C)cc32)c1. The van der Waals surface area contributed by atoms with Gasteiger partial charge in [-0.2, -0.15) is 5.10 Å². The molecule has 4 aromatic rings. The first-order valence-electron chi connectivity index (χ1n) is 10.0. The zero-order valence-electron chi connectivity index (χ0n) is 17.9. The van der Waals surface area contributed by atoms with Crippen molar-refractivity contribution in [1.29, 1.82) is 0 Å². The normalized spacial score (nSPS) is 11.1. The average Bonchev–Trinajstić information content (AvgIpc) is 3.11. The first-order chi connectivity index (χ1) is 15.2. The van der Waals surface area contributed by atoms with Crippen LogP contribution in [0.3, 0.4) is 0 Å². The second kappa shape index (κ2) is 8.26. The molecule has 0 bridgehead atoms. The van der Waals surface area contributed by atoms with Crippen LogP contribution < -0.4 is 16.6 Å². The van der Waals surface area contributed by atoms with Gasteiger partial charge in [0.25, 0.3) is 5.56 Å². The van der Waals surface area contributed by atoms with Crippen molar-refractivity contribution in [2.45, 2.75) is 26.9 Å². The number of carbonyl (C=O) groups is 1. The van der Waals surface area contributed by atoms with Crippen LogP contribution in [0.4, 0.5) is 10.1 Å². The molecule has 0 saturated heterocycles. The number of carbonyl (C=O) groups excluding carboxylic acids is 1. The Kier molecular flexibility index (Phi) is 5.48. The van der Waals surface area contributed by atoms with E-state index in [1.54, 1.807) is 7.05 Å². The van der Waals surface area contributed by atoms with Crippen molar-refractivity contribution >= 4 is 22.6 Å². The van der Waals surface area contributed by atoms with Gasteiger partial charge in [0.1, 0.15) is 12.4 Å². The largest absolute Gasteiger partial charge is 0.332 e. The molecule has 0 unspecified atom stereocenters. The molecule has 9 heteroatoms. The van der Waals surface area contributed by atoms with Gasteiger partial charge in [0.05, 0.1) is 12.1 Å². The highest BCUT2D eigenvalue weighted by atomic mass is 19.1. The van der Waals surface area contributed by atoms with Crippen LogP contribution in [0, 0.1) is 19.7 Å². The van der Waals surface area contributed by atoms with Gasteiger partial charge in [0.15, 0.2) is 5.52 Å². The first kappa shape index (κ1) is 21.2.